The fourth-order valence-corrected chi connectivity index (χ4v) is 2.48. The predicted octanol–water partition coefficient (Wildman–Crippen LogP) is 2.93. The molecular formula is C11H21N. The van der Waals surface area contributed by atoms with Crippen LogP contribution in [0, 0.1) is 11.3 Å². The highest BCUT2D eigenvalue weighted by Crippen LogP contribution is 2.41. The Kier molecular flexibility index (Phi) is 2.24. The Balaban J connectivity index is 3.02. The van der Waals surface area contributed by atoms with Crippen LogP contribution in [0.25, 0.3) is 0 Å². The smallest absolute Gasteiger partial charge is 0.0318 e. The molecule has 1 heterocycles. The summed E-state index contributed by atoms with van der Waals surface area (Å²) in [4.78, 5) is 0. The van der Waals surface area contributed by atoms with Crippen molar-refractivity contribution in [2.24, 2.45) is 11.3 Å². The Hall–Kier alpha value is -0.460. The van der Waals surface area contributed by atoms with E-state index in [0.717, 1.165) is 0 Å². The molecule has 0 aromatic heterocycles. The van der Waals surface area contributed by atoms with Gasteiger partial charge in [-0.15, -0.1) is 0 Å². The highest BCUT2D eigenvalue weighted by Gasteiger charge is 2.37. The molecule has 12 heavy (non-hydrogen) atoms. The fraction of sp³-hybridized carbons (Fsp3) is 0.818. The van der Waals surface area contributed by atoms with E-state index in [2.05, 4.69) is 46.9 Å². The summed E-state index contributed by atoms with van der Waals surface area (Å²) in [6.07, 6.45) is 0. The second kappa shape index (κ2) is 2.79. The van der Waals surface area contributed by atoms with E-state index in [1.165, 1.54) is 5.70 Å². The van der Waals surface area contributed by atoms with Gasteiger partial charge >= 0.3 is 0 Å². The van der Waals surface area contributed by atoms with Crippen LogP contribution in [0.2, 0.25) is 0 Å². The van der Waals surface area contributed by atoms with E-state index in [-0.39, 0.29) is 0 Å². The minimum Gasteiger partial charge on any atom is -0.385 e. The van der Waals surface area contributed by atoms with Crippen LogP contribution in [0.1, 0.15) is 41.5 Å². The van der Waals surface area contributed by atoms with Crippen molar-refractivity contribution < 1.29 is 0 Å². The van der Waals surface area contributed by atoms with Crippen LogP contribution >= 0.6 is 0 Å². The van der Waals surface area contributed by atoms with Crippen molar-refractivity contribution in [2.75, 3.05) is 0 Å². The van der Waals surface area contributed by atoms with E-state index in [9.17, 15) is 0 Å². The molecule has 0 fully saturated rings. The summed E-state index contributed by atoms with van der Waals surface area (Å²) in [5.41, 5.74) is 3.32. The molecule has 0 amide bonds. The highest BCUT2D eigenvalue weighted by atomic mass is 15.0. The van der Waals surface area contributed by atoms with Gasteiger partial charge in [-0.2, -0.15) is 0 Å². The lowest BCUT2D eigenvalue weighted by Gasteiger charge is -2.29. The molecule has 0 aliphatic carbocycles. The molecule has 1 aliphatic rings. The summed E-state index contributed by atoms with van der Waals surface area (Å²) in [6.45, 7) is 13.7. The van der Waals surface area contributed by atoms with Crippen molar-refractivity contribution in [1.82, 2.24) is 5.32 Å². The van der Waals surface area contributed by atoms with Crippen LogP contribution in [0.5, 0.6) is 0 Å². The molecule has 1 N–H and O–H groups in total. The highest BCUT2D eigenvalue weighted by molar-refractivity contribution is 5.28. The summed E-state index contributed by atoms with van der Waals surface area (Å²) in [7, 11) is 0. The van der Waals surface area contributed by atoms with Crippen LogP contribution in [0.4, 0.5) is 0 Å². The lowest BCUT2D eigenvalue weighted by atomic mass is 9.76. The maximum absolute atomic E-state index is 3.52. The molecule has 0 aromatic rings. The van der Waals surface area contributed by atoms with E-state index >= 15 is 0 Å². The van der Waals surface area contributed by atoms with Gasteiger partial charge in [0.1, 0.15) is 0 Å². The first-order chi connectivity index (χ1) is 5.37. The number of nitrogens with one attached hydrogen (secondary N) is 1. The Morgan fingerprint density at radius 1 is 1.33 bits per heavy atom. The molecule has 0 bridgehead atoms. The summed E-state index contributed by atoms with van der Waals surface area (Å²) >= 11 is 0. The van der Waals surface area contributed by atoms with Gasteiger partial charge in [0, 0.05) is 17.2 Å². The summed E-state index contributed by atoms with van der Waals surface area (Å²) in [6, 6.07) is 0.579. The molecule has 70 valence electrons. The molecule has 1 atom stereocenters. The van der Waals surface area contributed by atoms with E-state index < -0.39 is 0 Å². The Morgan fingerprint density at radius 3 is 2.00 bits per heavy atom. The topological polar surface area (TPSA) is 12.0 Å². The lowest BCUT2D eigenvalue weighted by Crippen LogP contribution is -2.32. The van der Waals surface area contributed by atoms with E-state index in [1.807, 2.05) is 0 Å². The van der Waals surface area contributed by atoms with Crippen LogP contribution in [0.3, 0.4) is 0 Å². The van der Waals surface area contributed by atoms with Crippen molar-refractivity contribution in [3.05, 3.63) is 11.3 Å². The van der Waals surface area contributed by atoms with Gasteiger partial charge in [0.05, 0.1) is 0 Å². The fourth-order valence-electron chi connectivity index (χ4n) is 2.48. The first-order valence-electron chi connectivity index (χ1n) is 4.85. The monoisotopic (exact) mass is 167 g/mol. The standard InChI is InChI=1S/C11H21N/c1-7(2)10-8(3)12-9(4)11(10,5)6/h7,9,12H,1-6H3. The zero-order valence-corrected chi connectivity index (χ0v) is 9.15. The van der Waals surface area contributed by atoms with E-state index in [4.69, 9.17) is 0 Å². The normalized spacial score (nSPS) is 28.1. The first-order valence-corrected chi connectivity index (χ1v) is 4.85. The predicted molar refractivity (Wildman–Crippen MR) is 53.9 cm³/mol. The SMILES string of the molecule is CC1=C(C(C)C)C(C)(C)C(C)N1. The third-order valence-corrected chi connectivity index (χ3v) is 3.19. The number of allylic oxidation sites excluding steroid dienone is 1. The molecule has 1 rings (SSSR count). The number of hydrogen-bond acceptors (Lipinski definition) is 1. The van der Waals surface area contributed by atoms with Gasteiger partial charge < -0.3 is 5.32 Å². The minimum absolute atomic E-state index is 0.332. The summed E-state index contributed by atoms with van der Waals surface area (Å²) in [5, 5.41) is 3.52. The van der Waals surface area contributed by atoms with Crippen LogP contribution < -0.4 is 5.32 Å². The maximum Gasteiger partial charge on any atom is 0.0318 e. The Morgan fingerprint density at radius 2 is 1.83 bits per heavy atom. The van der Waals surface area contributed by atoms with Crippen molar-refractivity contribution in [1.29, 1.82) is 0 Å². The number of rotatable bonds is 1. The van der Waals surface area contributed by atoms with E-state index in [0.29, 0.717) is 17.4 Å². The third-order valence-electron chi connectivity index (χ3n) is 3.19. The van der Waals surface area contributed by atoms with Gasteiger partial charge in [-0.25, -0.2) is 0 Å². The van der Waals surface area contributed by atoms with Crippen LogP contribution in [-0.2, 0) is 0 Å². The first kappa shape index (κ1) is 9.63. The molecular weight excluding hydrogens is 146 g/mol. The Labute approximate surface area is 76.2 Å². The zero-order chi connectivity index (χ0) is 9.52. The molecule has 0 spiro atoms. The molecule has 0 aromatic carbocycles. The van der Waals surface area contributed by atoms with Gasteiger partial charge in [0.2, 0.25) is 0 Å². The maximum atomic E-state index is 3.52. The lowest BCUT2D eigenvalue weighted by molar-refractivity contribution is 0.345. The van der Waals surface area contributed by atoms with Gasteiger partial charge in [0.15, 0.2) is 0 Å². The summed E-state index contributed by atoms with van der Waals surface area (Å²) in [5.74, 6) is 0.664. The van der Waals surface area contributed by atoms with Gasteiger partial charge in [-0.05, 0) is 25.3 Å². The quantitative estimate of drug-likeness (QED) is 0.633. The third kappa shape index (κ3) is 1.26. The van der Waals surface area contributed by atoms with Crippen molar-refractivity contribution in [3.8, 4) is 0 Å². The van der Waals surface area contributed by atoms with E-state index in [1.54, 1.807) is 5.57 Å². The molecule has 0 saturated carbocycles. The largest absolute Gasteiger partial charge is 0.385 e. The van der Waals surface area contributed by atoms with Gasteiger partial charge in [-0.1, -0.05) is 27.7 Å². The summed E-state index contributed by atoms with van der Waals surface area (Å²) < 4.78 is 0. The van der Waals surface area contributed by atoms with Crippen molar-refractivity contribution in [2.45, 2.75) is 47.6 Å². The minimum atomic E-state index is 0.332. The van der Waals surface area contributed by atoms with Crippen molar-refractivity contribution in [3.63, 3.8) is 0 Å². The van der Waals surface area contributed by atoms with Gasteiger partial charge in [-0.3, -0.25) is 0 Å². The molecule has 1 aliphatic heterocycles. The van der Waals surface area contributed by atoms with Crippen LogP contribution in [-0.4, -0.2) is 6.04 Å². The average molecular weight is 167 g/mol. The molecule has 1 nitrogen and oxygen atoms in total. The second-order valence-corrected chi connectivity index (χ2v) is 4.78. The van der Waals surface area contributed by atoms with Gasteiger partial charge in [0.25, 0.3) is 0 Å². The average Bonchev–Trinajstić information content (AvgIpc) is 2.02. The molecule has 0 radical (unpaired) electrons. The van der Waals surface area contributed by atoms with Crippen molar-refractivity contribution >= 4 is 0 Å². The zero-order valence-electron chi connectivity index (χ0n) is 9.15. The molecule has 1 heteroatoms. The second-order valence-electron chi connectivity index (χ2n) is 4.78. The van der Waals surface area contributed by atoms with Crippen LogP contribution in [0.15, 0.2) is 11.3 Å². The molecule has 1 unspecified atom stereocenters. The Bertz CT molecular complexity index is 211. The number of hydrogen-bond donors (Lipinski definition) is 1. The molecule has 0 saturated heterocycles.